The van der Waals surface area contributed by atoms with Crippen LogP contribution in [-0.4, -0.2) is 42.5 Å². The van der Waals surface area contributed by atoms with Gasteiger partial charge in [-0.25, -0.2) is 13.2 Å². The first-order valence-electron chi connectivity index (χ1n) is 5.52. The number of carbonyl (C=O) groups is 1. The zero-order valence-electron chi connectivity index (χ0n) is 10.6. The van der Waals surface area contributed by atoms with Crippen molar-refractivity contribution in [1.29, 1.82) is 0 Å². The van der Waals surface area contributed by atoms with E-state index in [0.717, 1.165) is 5.69 Å². The highest BCUT2D eigenvalue weighted by Crippen LogP contribution is 2.10. The van der Waals surface area contributed by atoms with Gasteiger partial charge in [-0.15, -0.1) is 0 Å². The van der Waals surface area contributed by atoms with Crippen LogP contribution in [0.1, 0.15) is 28.7 Å². The van der Waals surface area contributed by atoms with Crippen molar-refractivity contribution < 1.29 is 18.3 Å². The highest BCUT2D eigenvalue weighted by molar-refractivity contribution is 7.90. The van der Waals surface area contributed by atoms with Gasteiger partial charge in [-0.3, -0.25) is 0 Å². The fourth-order valence-electron chi connectivity index (χ4n) is 1.74. The molecule has 0 spiro atoms. The molecule has 1 aromatic rings. The second kappa shape index (κ2) is 5.53. The molecule has 102 valence electrons. The molecule has 0 aliphatic heterocycles. The second-order valence-electron chi connectivity index (χ2n) is 4.51. The maximum absolute atomic E-state index is 11.1. The Morgan fingerprint density at radius 1 is 1.56 bits per heavy atom. The quantitative estimate of drug-likeness (QED) is 0.703. The van der Waals surface area contributed by atoms with Crippen molar-refractivity contribution in [1.82, 2.24) is 10.3 Å². The first-order chi connectivity index (χ1) is 8.19. The summed E-state index contributed by atoms with van der Waals surface area (Å²) in [5.41, 5.74) is 1.56. The monoisotopic (exact) mass is 274 g/mol. The average molecular weight is 274 g/mol. The van der Waals surface area contributed by atoms with Crippen LogP contribution in [0.3, 0.4) is 0 Å². The largest absolute Gasteiger partial charge is 0.478 e. The number of carboxylic acid groups (broad SMARTS) is 1. The predicted molar refractivity (Wildman–Crippen MR) is 68.5 cm³/mol. The molecule has 1 unspecified atom stereocenters. The summed E-state index contributed by atoms with van der Waals surface area (Å²) in [5.74, 6) is -0.919. The van der Waals surface area contributed by atoms with Crippen molar-refractivity contribution >= 4 is 15.8 Å². The molecule has 6 nitrogen and oxygen atoms in total. The number of carboxylic acids is 1. The Morgan fingerprint density at radius 3 is 2.61 bits per heavy atom. The lowest BCUT2D eigenvalue weighted by molar-refractivity contribution is 0.0696. The number of nitrogens with one attached hydrogen (secondary N) is 2. The van der Waals surface area contributed by atoms with E-state index in [-0.39, 0.29) is 17.4 Å². The van der Waals surface area contributed by atoms with Crippen LogP contribution in [0.4, 0.5) is 0 Å². The summed E-state index contributed by atoms with van der Waals surface area (Å²) in [7, 11) is -3.01. The smallest absolute Gasteiger partial charge is 0.337 e. The molecule has 1 rings (SSSR count). The molecule has 0 amide bonds. The van der Waals surface area contributed by atoms with Crippen LogP contribution in [0.25, 0.3) is 0 Å². The molecule has 0 aliphatic rings. The highest BCUT2D eigenvalue weighted by Gasteiger charge is 2.13. The van der Waals surface area contributed by atoms with Gasteiger partial charge in [-0.1, -0.05) is 0 Å². The number of hydrogen-bond acceptors (Lipinski definition) is 4. The molecule has 0 aromatic carbocycles. The van der Waals surface area contributed by atoms with Gasteiger partial charge in [0.2, 0.25) is 0 Å². The Balaban J connectivity index is 2.59. The third-order valence-corrected chi connectivity index (χ3v) is 3.60. The molecule has 0 saturated heterocycles. The maximum Gasteiger partial charge on any atom is 0.337 e. The van der Waals surface area contributed by atoms with E-state index in [4.69, 9.17) is 5.11 Å². The fourth-order valence-corrected chi connectivity index (χ4v) is 2.77. The van der Waals surface area contributed by atoms with Crippen molar-refractivity contribution in [3.8, 4) is 0 Å². The SMILES string of the molecule is Cc1[nH]c(CNC(C)CS(C)(=O)=O)cc1C(=O)O. The Morgan fingerprint density at radius 2 is 2.17 bits per heavy atom. The molecule has 0 aliphatic carbocycles. The number of rotatable bonds is 6. The molecule has 1 heterocycles. The number of aryl methyl sites for hydroxylation is 1. The molecular formula is C11H18N2O4S. The number of aromatic carboxylic acids is 1. The van der Waals surface area contributed by atoms with Crippen LogP contribution in [0.15, 0.2) is 6.07 Å². The van der Waals surface area contributed by atoms with Gasteiger partial charge in [0, 0.05) is 30.2 Å². The topological polar surface area (TPSA) is 99.3 Å². The van der Waals surface area contributed by atoms with Crippen LogP contribution in [0.2, 0.25) is 0 Å². The lowest BCUT2D eigenvalue weighted by atomic mass is 10.2. The summed E-state index contributed by atoms with van der Waals surface area (Å²) >= 11 is 0. The van der Waals surface area contributed by atoms with Crippen molar-refractivity contribution in [3.05, 3.63) is 23.0 Å². The molecule has 1 atom stereocenters. The molecule has 0 bridgehead atoms. The molecule has 0 radical (unpaired) electrons. The first kappa shape index (κ1) is 14.7. The average Bonchev–Trinajstić information content (AvgIpc) is 2.54. The summed E-state index contributed by atoms with van der Waals surface area (Å²) < 4.78 is 22.2. The minimum absolute atomic E-state index is 0.0540. The lowest BCUT2D eigenvalue weighted by Gasteiger charge is -2.11. The third-order valence-electron chi connectivity index (χ3n) is 2.49. The number of H-pyrrole nitrogens is 1. The summed E-state index contributed by atoms with van der Waals surface area (Å²) in [6.45, 7) is 3.87. The molecule has 0 fully saturated rings. The van der Waals surface area contributed by atoms with Crippen LogP contribution in [0, 0.1) is 6.92 Å². The van der Waals surface area contributed by atoms with E-state index >= 15 is 0 Å². The van der Waals surface area contributed by atoms with E-state index in [1.54, 1.807) is 19.9 Å². The minimum atomic E-state index is -3.01. The van der Waals surface area contributed by atoms with Crippen LogP contribution in [-0.2, 0) is 16.4 Å². The number of sulfone groups is 1. The van der Waals surface area contributed by atoms with E-state index in [9.17, 15) is 13.2 Å². The number of aromatic nitrogens is 1. The van der Waals surface area contributed by atoms with Gasteiger partial charge in [-0.05, 0) is 19.9 Å². The van der Waals surface area contributed by atoms with Crippen molar-refractivity contribution in [2.24, 2.45) is 0 Å². The van der Waals surface area contributed by atoms with Gasteiger partial charge in [0.05, 0.1) is 11.3 Å². The van der Waals surface area contributed by atoms with Crippen LogP contribution in [0.5, 0.6) is 0 Å². The van der Waals surface area contributed by atoms with E-state index in [1.165, 1.54) is 6.26 Å². The number of aromatic amines is 1. The van der Waals surface area contributed by atoms with Gasteiger partial charge in [0.1, 0.15) is 9.84 Å². The van der Waals surface area contributed by atoms with Crippen LogP contribution < -0.4 is 5.32 Å². The molecule has 7 heteroatoms. The Bertz CT molecular complexity index is 533. The third kappa shape index (κ3) is 4.50. The standard InChI is InChI=1S/C11H18N2O4S/c1-7(6-18(3,16)17)12-5-9-4-10(11(14)15)8(2)13-9/h4,7,12-13H,5-6H2,1-3H3,(H,14,15). The first-order valence-corrected chi connectivity index (χ1v) is 7.58. The molecule has 18 heavy (non-hydrogen) atoms. The zero-order valence-corrected chi connectivity index (χ0v) is 11.5. The molecule has 0 saturated carbocycles. The van der Waals surface area contributed by atoms with Gasteiger partial charge in [0.15, 0.2) is 0 Å². The van der Waals surface area contributed by atoms with Gasteiger partial charge >= 0.3 is 5.97 Å². The molecule has 3 N–H and O–H groups in total. The summed E-state index contributed by atoms with van der Waals surface area (Å²) in [4.78, 5) is 13.8. The zero-order chi connectivity index (χ0) is 13.9. The van der Waals surface area contributed by atoms with Crippen molar-refractivity contribution in [2.75, 3.05) is 12.0 Å². The van der Waals surface area contributed by atoms with Gasteiger partial charge in [0.25, 0.3) is 0 Å². The minimum Gasteiger partial charge on any atom is -0.478 e. The van der Waals surface area contributed by atoms with Crippen molar-refractivity contribution in [2.45, 2.75) is 26.4 Å². The lowest BCUT2D eigenvalue weighted by Crippen LogP contribution is -2.32. The Kier molecular flexibility index (Phi) is 4.53. The van der Waals surface area contributed by atoms with Gasteiger partial charge in [-0.2, -0.15) is 0 Å². The molecule has 1 aromatic heterocycles. The number of hydrogen-bond donors (Lipinski definition) is 3. The Hall–Kier alpha value is -1.34. The summed E-state index contributed by atoms with van der Waals surface area (Å²) in [5, 5.41) is 11.9. The molecular weight excluding hydrogens is 256 g/mol. The van der Waals surface area contributed by atoms with E-state index in [2.05, 4.69) is 10.3 Å². The van der Waals surface area contributed by atoms with Gasteiger partial charge < -0.3 is 15.4 Å². The van der Waals surface area contributed by atoms with E-state index in [0.29, 0.717) is 12.2 Å². The van der Waals surface area contributed by atoms with Crippen molar-refractivity contribution in [3.63, 3.8) is 0 Å². The fraction of sp³-hybridized carbons (Fsp3) is 0.545. The maximum atomic E-state index is 11.1. The highest BCUT2D eigenvalue weighted by atomic mass is 32.2. The Labute approximate surface area is 106 Å². The predicted octanol–water partition coefficient (Wildman–Crippen LogP) is 0.544. The second-order valence-corrected chi connectivity index (χ2v) is 6.70. The van der Waals surface area contributed by atoms with E-state index in [1.807, 2.05) is 0 Å². The summed E-state index contributed by atoms with van der Waals surface area (Å²) in [6.07, 6.45) is 1.19. The normalized spacial score (nSPS) is 13.5. The summed E-state index contributed by atoms with van der Waals surface area (Å²) in [6, 6.07) is 1.37. The van der Waals surface area contributed by atoms with Crippen LogP contribution >= 0.6 is 0 Å². The van der Waals surface area contributed by atoms with E-state index < -0.39 is 15.8 Å².